The lowest BCUT2D eigenvalue weighted by Gasteiger charge is -2.36. The number of rotatable bonds is 9. The summed E-state index contributed by atoms with van der Waals surface area (Å²) in [6.45, 7) is 0.00285. The number of amides is 1. The van der Waals surface area contributed by atoms with Crippen LogP contribution in [0.15, 0.2) is 108 Å². The van der Waals surface area contributed by atoms with Crippen LogP contribution in [0.25, 0.3) is 0 Å². The molecule has 2 N–H and O–H groups in total. The lowest BCUT2D eigenvalue weighted by molar-refractivity contribution is -0.245. The molecule has 200 valence electrons. The lowest BCUT2D eigenvalue weighted by Crippen LogP contribution is -2.31. The number of ether oxygens (including phenoxy) is 3. The first-order valence-corrected chi connectivity index (χ1v) is 13.8. The predicted octanol–water partition coefficient (Wildman–Crippen LogP) is 6.78. The molecule has 1 fully saturated rings. The summed E-state index contributed by atoms with van der Waals surface area (Å²) < 4.78 is 18.4. The zero-order valence-corrected chi connectivity index (χ0v) is 22.5. The molecule has 1 saturated heterocycles. The van der Waals surface area contributed by atoms with Crippen molar-refractivity contribution < 1.29 is 24.1 Å². The molecule has 0 spiro atoms. The minimum Gasteiger partial charge on any atom is -0.496 e. The van der Waals surface area contributed by atoms with Crippen LogP contribution in [0.4, 0.5) is 5.69 Å². The van der Waals surface area contributed by atoms with E-state index in [1.807, 2.05) is 91.0 Å². The standard InChI is InChI=1S/C32H31NO5S/c1-36-28-9-5-6-10-30(28)39-21-27-19-29(23-13-11-22(20-34)12-14-23)38-32(37-27)25-15-17-26(18-16-25)33-31(35)24-7-3-2-4-8-24/h2-18,27,29,32,34H,19-21H2,1H3,(H,33,35). The molecule has 4 aromatic carbocycles. The number of methoxy groups -OCH3 is 1. The molecule has 0 aromatic heterocycles. The number of aliphatic hydroxyl groups is 1. The molecule has 1 amide bonds. The van der Waals surface area contributed by atoms with Gasteiger partial charge in [0.25, 0.3) is 5.91 Å². The van der Waals surface area contributed by atoms with Gasteiger partial charge in [-0.1, -0.05) is 66.7 Å². The van der Waals surface area contributed by atoms with Gasteiger partial charge in [0.1, 0.15) is 5.75 Å². The summed E-state index contributed by atoms with van der Waals surface area (Å²) >= 11 is 1.70. The maximum Gasteiger partial charge on any atom is 0.255 e. The maximum atomic E-state index is 12.5. The number of benzene rings is 4. The minimum absolute atomic E-state index is 0.00285. The van der Waals surface area contributed by atoms with Crippen LogP contribution in [-0.4, -0.2) is 30.0 Å². The highest BCUT2D eigenvalue weighted by Gasteiger charge is 2.32. The molecule has 4 aromatic rings. The number of carbonyl (C=O) groups excluding carboxylic acids is 1. The Labute approximate surface area is 232 Å². The van der Waals surface area contributed by atoms with Crippen molar-refractivity contribution in [1.29, 1.82) is 0 Å². The summed E-state index contributed by atoms with van der Waals surface area (Å²) in [6.07, 6.45) is -0.109. The Balaban J connectivity index is 1.32. The van der Waals surface area contributed by atoms with Gasteiger partial charge in [-0.2, -0.15) is 0 Å². The SMILES string of the molecule is COc1ccccc1SCC1CC(c2ccc(CO)cc2)OC(c2ccc(NC(=O)c3ccccc3)cc2)O1. The number of para-hydroxylation sites is 1. The van der Waals surface area contributed by atoms with Crippen LogP contribution >= 0.6 is 11.8 Å². The van der Waals surface area contributed by atoms with Crippen LogP contribution in [0, 0.1) is 0 Å². The third-order valence-corrected chi connectivity index (χ3v) is 7.77. The summed E-state index contributed by atoms with van der Waals surface area (Å²) in [6, 6.07) is 32.5. The van der Waals surface area contributed by atoms with E-state index in [0.29, 0.717) is 17.7 Å². The van der Waals surface area contributed by atoms with Crippen molar-refractivity contribution >= 4 is 23.4 Å². The van der Waals surface area contributed by atoms with Gasteiger partial charge in [0.15, 0.2) is 6.29 Å². The maximum absolute atomic E-state index is 12.5. The molecular weight excluding hydrogens is 510 g/mol. The van der Waals surface area contributed by atoms with E-state index in [2.05, 4.69) is 5.32 Å². The zero-order chi connectivity index (χ0) is 27.0. The molecule has 1 aliphatic heterocycles. The van der Waals surface area contributed by atoms with Gasteiger partial charge in [0.2, 0.25) is 0 Å². The molecule has 1 heterocycles. The van der Waals surface area contributed by atoms with Crippen molar-refractivity contribution in [3.8, 4) is 5.75 Å². The number of aliphatic hydroxyl groups excluding tert-OH is 1. The summed E-state index contributed by atoms with van der Waals surface area (Å²) in [4.78, 5) is 13.6. The molecule has 0 aliphatic carbocycles. The van der Waals surface area contributed by atoms with Gasteiger partial charge in [-0.05, 0) is 47.5 Å². The first-order valence-electron chi connectivity index (χ1n) is 12.9. The molecule has 7 heteroatoms. The summed E-state index contributed by atoms with van der Waals surface area (Å²) in [7, 11) is 1.68. The second-order valence-electron chi connectivity index (χ2n) is 9.25. The van der Waals surface area contributed by atoms with Crippen LogP contribution in [0.2, 0.25) is 0 Å². The first-order chi connectivity index (χ1) is 19.1. The number of nitrogens with one attached hydrogen (secondary N) is 1. The molecule has 39 heavy (non-hydrogen) atoms. The van der Waals surface area contributed by atoms with Gasteiger partial charge >= 0.3 is 0 Å². The van der Waals surface area contributed by atoms with E-state index in [9.17, 15) is 9.90 Å². The van der Waals surface area contributed by atoms with Crippen molar-refractivity contribution in [1.82, 2.24) is 0 Å². The highest BCUT2D eigenvalue weighted by molar-refractivity contribution is 7.99. The van der Waals surface area contributed by atoms with E-state index in [4.69, 9.17) is 14.2 Å². The van der Waals surface area contributed by atoms with Crippen molar-refractivity contribution in [3.05, 3.63) is 125 Å². The Morgan fingerprint density at radius 3 is 2.31 bits per heavy atom. The van der Waals surface area contributed by atoms with E-state index in [-0.39, 0.29) is 24.7 Å². The number of thioether (sulfide) groups is 1. The molecule has 1 aliphatic rings. The molecule has 0 radical (unpaired) electrons. The Hall–Kier alpha value is -3.62. The van der Waals surface area contributed by atoms with Crippen molar-refractivity contribution in [2.75, 3.05) is 18.2 Å². The summed E-state index contributed by atoms with van der Waals surface area (Å²) in [5, 5.41) is 12.4. The third-order valence-electron chi connectivity index (χ3n) is 6.59. The van der Waals surface area contributed by atoms with Gasteiger partial charge in [-0.25, -0.2) is 0 Å². The fourth-order valence-electron chi connectivity index (χ4n) is 4.46. The fourth-order valence-corrected chi connectivity index (χ4v) is 5.51. The normalized spacial score (nSPS) is 18.9. The van der Waals surface area contributed by atoms with Crippen LogP contribution < -0.4 is 10.1 Å². The van der Waals surface area contributed by atoms with Crippen LogP contribution in [0.1, 0.15) is 45.9 Å². The second-order valence-corrected chi connectivity index (χ2v) is 10.3. The van der Waals surface area contributed by atoms with Crippen molar-refractivity contribution in [2.24, 2.45) is 0 Å². The van der Waals surface area contributed by atoms with Gasteiger partial charge in [0, 0.05) is 33.9 Å². The van der Waals surface area contributed by atoms with Gasteiger partial charge in [-0.3, -0.25) is 4.79 Å². The highest BCUT2D eigenvalue weighted by Crippen LogP contribution is 2.40. The Morgan fingerprint density at radius 1 is 0.897 bits per heavy atom. The third kappa shape index (κ3) is 6.88. The predicted molar refractivity (Wildman–Crippen MR) is 153 cm³/mol. The van der Waals surface area contributed by atoms with Gasteiger partial charge in [0.05, 0.1) is 25.9 Å². The molecule has 0 bridgehead atoms. The Morgan fingerprint density at radius 2 is 1.59 bits per heavy atom. The van der Waals surface area contributed by atoms with E-state index in [0.717, 1.165) is 33.1 Å². The quantitative estimate of drug-likeness (QED) is 0.228. The second kappa shape index (κ2) is 13.0. The molecule has 0 saturated carbocycles. The number of hydrogen-bond acceptors (Lipinski definition) is 6. The van der Waals surface area contributed by atoms with Gasteiger partial charge < -0.3 is 24.6 Å². The van der Waals surface area contributed by atoms with E-state index < -0.39 is 6.29 Å². The average molecular weight is 542 g/mol. The number of carbonyl (C=O) groups is 1. The van der Waals surface area contributed by atoms with Crippen LogP contribution in [-0.2, 0) is 16.1 Å². The molecule has 5 rings (SSSR count). The van der Waals surface area contributed by atoms with E-state index in [1.54, 1.807) is 31.0 Å². The summed E-state index contributed by atoms with van der Waals surface area (Å²) in [5.74, 6) is 1.42. The van der Waals surface area contributed by atoms with E-state index in [1.165, 1.54) is 0 Å². The minimum atomic E-state index is -0.566. The largest absolute Gasteiger partial charge is 0.496 e. The van der Waals surface area contributed by atoms with Crippen LogP contribution in [0.3, 0.4) is 0 Å². The Kier molecular flexibility index (Phi) is 8.96. The topological polar surface area (TPSA) is 77.0 Å². The van der Waals surface area contributed by atoms with Crippen molar-refractivity contribution in [2.45, 2.75) is 36.4 Å². The van der Waals surface area contributed by atoms with E-state index >= 15 is 0 Å². The lowest BCUT2D eigenvalue weighted by atomic mass is 10.0. The monoisotopic (exact) mass is 541 g/mol. The fraction of sp³-hybridized carbons (Fsp3) is 0.219. The van der Waals surface area contributed by atoms with Crippen molar-refractivity contribution in [3.63, 3.8) is 0 Å². The van der Waals surface area contributed by atoms with Crippen LogP contribution in [0.5, 0.6) is 5.75 Å². The van der Waals surface area contributed by atoms with Gasteiger partial charge in [-0.15, -0.1) is 11.8 Å². The Bertz CT molecular complexity index is 1360. The molecule has 3 unspecified atom stereocenters. The molecular formula is C32H31NO5S. The molecule has 6 nitrogen and oxygen atoms in total. The molecule has 3 atom stereocenters. The zero-order valence-electron chi connectivity index (χ0n) is 21.7. The highest BCUT2D eigenvalue weighted by atomic mass is 32.2. The smallest absolute Gasteiger partial charge is 0.255 e. The first kappa shape index (κ1) is 27.0. The summed E-state index contributed by atoms with van der Waals surface area (Å²) in [5.41, 5.74) is 4.07. The number of anilines is 1. The average Bonchev–Trinajstić information content (AvgIpc) is 3.01. The number of hydrogen-bond donors (Lipinski definition) is 2.